The van der Waals surface area contributed by atoms with Gasteiger partial charge in [0, 0.05) is 16.1 Å². The second-order valence-corrected chi connectivity index (χ2v) is 4.17. The molecule has 2 nitrogen and oxygen atoms in total. The lowest BCUT2D eigenvalue weighted by molar-refractivity contribution is 0.939. The smallest absolute Gasteiger partial charge is 0.0467 e. The Kier molecular flexibility index (Phi) is 2.79. The Balaban J connectivity index is 2.43. The molecule has 0 aliphatic carbocycles. The zero-order valence-electron chi connectivity index (χ0n) is 8.21. The van der Waals surface area contributed by atoms with Crippen LogP contribution in [-0.2, 0) is 6.42 Å². The summed E-state index contributed by atoms with van der Waals surface area (Å²) in [7, 11) is 0. The second kappa shape index (κ2) is 4.07. The first-order valence-electron chi connectivity index (χ1n) is 4.69. The summed E-state index contributed by atoms with van der Waals surface area (Å²) in [5, 5.41) is 1.27. The molecule has 0 bridgehead atoms. The van der Waals surface area contributed by atoms with Crippen molar-refractivity contribution in [1.29, 1.82) is 0 Å². The van der Waals surface area contributed by atoms with Crippen molar-refractivity contribution >= 4 is 22.7 Å². The van der Waals surface area contributed by atoms with Crippen molar-refractivity contribution in [3.63, 3.8) is 0 Å². The highest BCUT2D eigenvalue weighted by molar-refractivity contribution is 7.98. The molecule has 0 aliphatic rings. The third-order valence-corrected chi connectivity index (χ3v) is 3.02. The minimum Gasteiger partial charge on any atom is -0.358 e. The normalized spacial score (nSPS) is 11.0. The Morgan fingerprint density at radius 1 is 1.36 bits per heavy atom. The average molecular weight is 206 g/mol. The van der Waals surface area contributed by atoms with Gasteiger partial charge in [0.1, 0.15) is 0 Å². The van der Waals surface area contributed by atoms with Gasteiger partial charge in [-0.15, -0.1) is 11.8 Å². The Labute approximate surface area is 87.9 Å². The lowest BCUT2D eigenvalue weighted by Crippen LogP contribution is -2.02. The Morgan fingerprint density at radius 3 is 2.93 bits per heavy atom. The number of fused-ring (bicyclic) bond motifs is 1. The van der Waals surface area contributed by atoms with Crippen LogP contribution in [0.25, 0.3) is 10.9 Å². The molecule has 0 fully saturated rings. The summed E-state index contributed by atoms with van der Waals surface area (Å²) >= 11 is 1.76. The number of benzene rings is 1. The molecular weight excluding hydrogens is 192 g/mol. The van der Waals surface area contributed by atoms with Gasteiger partial charge in [-0.3, -0.25) is 0 Å². The number of thioether (sulfide) groups is 1. The summed E-state index contributed by atoms with van der Waals surface area (Å²) in [6, 6.07) is 8.65. The molecule has 14 heavy (non-hydrogen) atoms. The summed E-state index contributed by atoms with van der Waals surface area (Å²) in [5.74, 6) is 0. The van der Waals surface area contributed by atoms with Crippen LogP contribution in [-0.4, -0.2) is 17.8 Å². The Morgan fingerprint density at radius 2 is 2.21 bits per heavy atom. The summed E-state index contributed by atoms with van der Waals surface area (Å²) in [4.78, 5) is 4.67. The molecule has 2 aromatic rings. The van der Waals surface area contributed by atoms with Crippen LogP contribution in [0.5, 0.6) is 0 Å². The van der Waals surface area contributed by atoms with E-state index in [1.165, 1.54) is 21.5 Å². The van der Waals surface area contributed by atoms with E-state index < -0.39 is 0 Å². The van der Waals surface area contributed by atoms with Crippen LogP contribution in [0.3, 0.4) is 0 Å². The number of aromatic amines is 1. The highest BCUT2D eigenvalue weighted by atomic mass is 32.2. The molecule has 74 valence electrons. The summed E-state index contributed by atoms with van der Waals surface area (Å²) in [6.07, 6.45) is 3.01. The van der Waals surface area contributed by atoms with E-state index in [-0.39, 0.29) is 0 Å². The predicted octanol–water partition coefficient (Wildman–Crippen LogP) is 2.39. The van der Waals surface area contributed by atoms with Gasteiger partial charge in [0.2, 0.25) is 0 Å². The van der Waals surface area contributed by atoms with E-state index >= 15 is 0 Å². The molecule has 1 heterocycles. The van der Waals surface area contributed by atoms with E-state index in [1.54, 1.807) is 11.8 Å². The van der Waals surface area contributed by atoms with Crippen LogP contribution >= 0.6 is 11.8 Å². The summed E-state index contributed by atoms with van der Waals surface area (Å²) in [6.45, 7) is 0.697. The molecule has 0 unspecified atom stereocenters. The Hall–Kier alpha value is -0.930. The molecule has 0 amide bonds. The minimum atomic E-state index is 0.697. The summed E-state index contributed by atoms with van der Waals surface area (Å²) in [5.41, 5.74) is 7.95. The van der Waals surface area contributed by atoms with E-state index in [1.807, 2.05) is 0 Å². The third-order valence-electron chi connectivity index (χ3n) is 2.30. The van der Waals surface area contributed by atoms with Crippen molar-refractivity contribution < 1.29 is 0 Å². The molecule has 0 spiro atoms. The van der Waals surface area contributed by atoms with Gasteiger partial charge in [-0.1, -0.05) is 6.07 Å². The van der Waals surface area contributed by atoms with Gasteiger partial charge in [0.25, 0.3) is 0 Å². The SMILES string of the molecule is CSc1ccc2cc(CCN)[nH]c2c1. The first-order valence-corrected chi connectivity index (χ1v) is 5.91. The first-order chi connectivity index (χ1) is 6.83. The number of nitrogens with one attached hydrogen (secondary N) is 1. The van der Waals surface area contributed by atoms with Crippen LogP contribution in [0, 0.1) is 0 Å². The second-order valence-electron chi connectivity index (χ2n) is 3.29. The van der Waals surface area contributed by atoms with Gasteiger partial charge in [-0.2, -0.15) is 0 Å². The maximum absolute atomic E-state index is 5.51. The lowest BCUT2D eigenvalue weighted by atomic mass is 10.2. The predicted molar refractivity (Wildman–Crippen MR) is 62.8 cm³/mol. The van der Waals surface area contributed by atoms with Crippen molar-refractivity contribution in [3.8, 4) is 0 Å². The fraction of sp³-hybridized carbons (Fsp3) is 0.273. The van der Waals surface area contributed by atoms with Gasteiger partial charge in [-0.05, 0) is 42.8 Å². The van der Waals surface area contributed by atoms with Crippen molar-refractivity contribution in [2.24, 2.45) is 5.73 Å². The van der Waals surface area contributed by atoms with Crippen molar-refractivity contribution in [2.75, 3.05) is 12.8 Å². The molecule has 0 aliphatic heterocycles. The van der Waals surface area contributed by atoms with Crippen LogP contribution in [0.4, 0.5) is 0 Å². The van der Waals surface area contributed by atoms with Gasteiger partial charge < -0.3 is 10.7 Å². The Bertz CT molecular complexity index is 434. The van der Waals surface area contributed by atoms with E-state index in [0.29, 0.717) is 6.54 Å². The van der Waals surface area contributed by atoms with Gasteiger partial charge in [0.05, 0.1) is 0 Å². The van der Waals surface area contributed by atoms with E-state index in [2.05, 4.69) is 35.5 Å². The highest BCUT2D eigenvalue weighted by Crippen LogP contribution is 2.22. The number of hydrogen-bond donors (Lipinski definition) is 2. The van der Waals surface area contributed by atoms with Gasteiger partial charge >= 0.3 is 0 Å². The minimum absolute atomic E-state index is 0.697. The van der Waals surface area contributed by atoms with Crippen molar-refractivity contribution in [1.82, 2.24) is 4.98 Å². The molecule has 0 atom stereocenters. The molecule has 0 saturated heterocycles. The number of nitrogens with two attached hydrogens (primary N) is 1. The largest absolute Gasteiger partial charge is 0.358 e. The zero-order valence-corrected chi connectivity index (χ0v) is 9.03. The fourth-order valence-electron chi connectivity index (χ4n) is 1.58. The van der Waals surface area contributed by atoms with E-state index in [4.69, 9.17) is 5.73 Å². The molecule has 2 rings (SSSR count). The topological polar surface area (TPSA) is 41.8 Å². The average Bonchev–Trinajstić information content (AvgIpc) is 2.59. The standard InChI is InChI=1S/C11H14N2S/c1-14-10-3-2-8-6-9(4-5-12)13-11(8)7-10/h2-3,6-7,13H,4-5,12H2,1H3. The first kappa shape index (κ1) is 9.62. The monoisotopic (exact) mass is 206 g/mol. The van der Waals surface area contributed by atoms with E-state index in [9.17, 15) is 0 Å². The molecule has 3 N–H and O–H groups in total. The van der Waals surface area contributed by atoms with Gasteiger partial charge in [-0.25, -0.2) is 0 Å². The molecular formula is C11H14N2S. The summed E-state index contributed by atoms with van der Waals surface area (Å²) < 4.78 is 0. The number of aromatic nitrogens is 1. The third kappa shape index (κ3) is 1.79. The molecule has 0 saturated carbocycles. The maximum atomic E-state index is 5.51. The van der Waals surface area contributed by atoms with Crippen molar-refractivity contribution in [2.45, 2.75) is 11.3 Å². The van der Waals surface area contributed by atoms with Crippen LogP contribution in [0.15, 0.2) is 29.2 Å². The van der Waals surface area contributed by atoms with Gasteiger partial charge in [0.15, 0.2) is 0 Å². The zero-order chi connectivity index (χ0) is 9.97. The van der Waals surface area contributed by atoms with Crippen LogP contribution in [0.1, 0.15) is 5.69 Å². The van der Waals surface area contributed by atoms with Crippen molar-refractivity contribution in [3.05, 3.63) is 30.0 Å². The number of H-pyrrole nitrogens is 1. The molecule has 3 heteroatoms. The number of rotatable bonds is 3. The molecule has 1 aromatic heterocycles. The maximum Gasteiger partial charge on any atom is 0.0467 e. The van der Waals surface area contributed by atoms with E-state index in [0.717, 1.165) is 6.42 Å². The van der Waals surface area contributed by atoms with Crippen LogP contribution < -0.4 is 5.73 Å². The highest BCUT2D eigenvalue weighted by Gasteiger charge is 2.00. The number of hydrogen-bond acceptors (Lipinski definition) is 2. The fourth-order valence-corrected chi connectivity index (χ4v) is 2.02. The molecule has 1 aromatic carbocycles. The quantitative estimate of drug-likeness (QED) is 0.757. The lowest BCUT2D eigenvalue weighted by Gasteiger charge is -1.94. The van der Waals surface area contributed by atoms with Crippen LogP contribution in [0.2, 0.25) is 0 Å². The molecule has 0 radical (unpaired) electrons.